The number of ketones is 1. The quantitative estimate of drug-likeness (QED) is 0.639. The Hall–Kier alpha value is -2.20. The summed E-state index contributed by atoms with van der Waals surface area (Å²) in [7, 11) is 1.90. The summed E-state index contributed by atoms with van der Waals surface area (Å²) in [6.07, 6.45) is 5.41. The van der Waals surface area contributed by atoms with Gasteiger partial charge < -0.3 is 0 Å². The number of rotatable bonds is 1. The zero-order chi connectivity index (χ0) is 14.4. The highest BCUT2D eigenvalue weighted by Gasteiger charge is 2.25. The molecule has 1 aromatic carbocycles. The topological polar surface area (TPSA) is 34.9 Å². The molecular weight excluding hydrogens is 280 g/mol. The first-order valence-corrected chi connectivity index (χ1v) is 7.84. The SMILES string of the molecule is Cn1ncc2c1CCC(=Cc1csc3ccccc13)C2=O. The van der Waals surface area contributed by atoms with Crippen molar-refractivity contribution in [2.45, 2.75) is 12.8 Å². The van der Waals surface area contributed by atoms with E-state index < -0.39 is 0 Å². The van der Waals surface area contributed by atoms with Crippen molar-refractivity contribution >= 4 is 33.3 Å². The van der Waals surface area contributed by atoms with Gasteiger partial charge in [-0.25, -0.2) is 0 Å². The van der Waals surface area contributed by atoms with Gasteiger partial charge in [-0.2, -0.15) is 5.10 Å². The number of carbonyl (C=O) groups is 1. The van der Waals surface area contributed by atoms with E-state index in [4.69, 9.17) is 0 Å². The standard InChI is InChI=1S/C17H14N2OS/c1-19-15-7-6-11(17(20)14(15)9-18-19)8-12-10-21-16-5-3-2-4-13(12)16/h2-5,8-10H,6-7H2,1H3. The predicted molar refractivity (Wildman–Crippen MR) is 85.7 cm³/mol. The van der Waals surface area contributed by atoms with Gasteiger partial charge in [0.2, 0.25) is 0 Å². The predicted octanol–water partition coefficient (Wildman–Crippen LogP) is 3.85. The van der Waals surface area contributed by atoms with Gasteiger partial charge in [-0.05, 0) is 41.3 Å². The minimum absolute atomic E-state index is 0.125. The summed E-state index contributed by atoms with van der Waals surface area (Å²) >= 11 is 1.72. The molecule has 0 unspecified atom stereocenters. The van der Waals surface area contributed by atoms with Crippen molar-refractivity contribution in [2.24, 2.45) is 7.05 Å². The maximum Gasteiger partial charge on any atom is 0.192 e. The van der Waals surface area contributed by atoms with Crippen molar-refractivity contribution in [3.8, 4) is 0 Å². The summed E-state index contributed by atoms with van der Waals surface area (Å²) in [4.78, 5) is 12.6. The first kappa shape index (κ1) is 12.5. The first-order valence-electron chi connectivity index (χ1n) is 6.96. The lowest BCUT2D eigenvalue weighted by atomic mass is 9.90. The zero-order valence-corrected chi connectivity index (χ0v) is 12.5. The molecule has 1 aliphatic carbocycles. The Bertz CT molecular complexity index is 885. The molecule has 104 valence electrons. The number of thiophene rings is 1. The van der Waals surface area contributed by atoms with Crippen LogP contribution in [0, 0.1) is 0 Å². The highest BCUT2D eigenvalue weighted by atomic mass is 32.1. The van der Waals surface area contributed by atoms with Gasteiger partial charge in [0.05, 0.1) is 11.8 Å². The molecule has 0 saturated carbocycles. The number of benzene rings is 1. The van der Waals surface area contributed by atoms with Gasteiger partial charge in [-0.1, -0.05) is 18.2 Å². The molecule has 0 fully saturated rings. The van der Waals surface area contributed by atoms with Crippen LogP contribution in [0.3, 0.4) is 0 Å². The Morgan fingerprint density at radius 3 is 3.05 bits per heavy atom. The Morgan fingerprint density at radius 2 is 2.14 bits per heavy atom. The molecule has 2 heterocycles. The van der Waals surface area contributed by atoms with E-state index in [-0.39, 0.29) is 5.78 Å². The van der Waals surface area contributed by atoms with Crippen LogP contribution in [0.2, 0.25) is 0 Å². The first-order chi connectivity index (χ1) is 10.2. The molecule has 0 saturated heterocycles. The van der Waals surface area contributed by atoms with Gasteiger partial charge >= 0.3 is 0 Å². The van der Waals surface area contributed by atoms with Crippen molar-refractivity contribution < 1.29 is 4.79 Å². The van der Waals surface area contributed by atoms with Crippen LogP contribution in [0.4, 0.5) is 0 Å². The van der Waals surface area contributed by atoms with Crippen LogP contribution in [0.15, 0.2) is 41.4 Å². The molecule has 0 atom stereocenters. The molecule has 3 nitrogen and oxygen atoms in total. The van der Waals surface area contributed by atoms with Crippen molar-refractivity contribution in [3.05, 3.63) is 58.2 Å². The molecule has 0 bridgehead atoms. The van der Waals surface area contributed by atoms with E-state index in [0.717, 1.165) is 35.2 Å². The average molecular weight is 294 g/mol. The number of aromatic nitrogens is 2. The second-order valence-corrected chi connectivity index (χ2v) is 6.23. The number of allylic oxidation sites excluding steroid dienone is 1. The number of fused-ring (bicyclic) bond motifs is 2. The summed E-state index contributed by atoms with van der Waals surface area (Å²) in [6.45, 7) is 0. The fourth-order valence-electron chi connectivity index (χ4n) is 2.92. The maximum absolute atomic E-state index is 12.6. The molecule has 0 amide bonds. The van der Waals surface area contributed by atoms with Crippen LogP contribution in [0.1, 0.15) is 28.0 Å². The van der Waals surface area contributed by atoms with E-state index in [0.29, 0.717) is 0 Å². The normalized spacial score (nSPS) is 16.6. The maximum atomic E-state index is 12.6. The summed E-state index contributed by atoms with van der Waals surface area (Å²) in [5.74, 6) is 0.125. The number of Topliss-reactive ketones (excluding diaryl/α,β-unsaturated/α-hetero) is 1. The van der Waals surface area contributed by atoms with E-state index in [1.807, 2.05) is 23.9 Å². The molecule has 0 spiro atoms. The lowest BCUT2D eigenvalue weighted by Crippen LogP contribution is -2.14. The molecule has 0 radical (unpaired) electrons. The van der Waals surface area contributed by atoms with E-state index in [9.17, 15) is 4.79 Å². The Morgan fingerprint density at radius 1 is 1.29 bits per heavy atom. The average Bonchev–Trinajstić information content (AvgIpc) is 3.07. The van der Waals surface area contributed by atoms with Crippen LogP contribution in [0.25, 0.3) is 16.2 Å². The van der Waals surface area contributed by atoms with Crippen molar-refractivity contribution in [2.75, 3.05) is 0 Å². The molecule has 4 heteroatoms. The molecule has 3 aromatic rings. The number of carbonyl (C=O) groups excluding carboxylic acids is 1. The minimum atomic E-state index is 0.125. The monoisotopic (exact) mass is 294 g/mol. The van der Waals surface area contributed by atoms with E-state index in [1.165, 1.54) is 10.1 Å². The highest BCUT2D eigenvalue weighted by Crippen LogP contribution is 2.31. The van der Waals surface area contributed by atoms with Crippen LogP contribution < -0.4 is 0 Å². The molecular formula is C17H14N2OS. The van der Waals surface area contributed by atoms with Crippen LogP contribution in [-0.4, -0.2) is 15.6 Å². The second kappa shape index (κ2) is 4.67. The van der Waals surface area contributed by atoms with Gasteiger partial charge in [-0.15, -0.1) is 11.3 Å². The van der Waals surface area contributed by atoms with Gasteiger partial charge in [0.15, 0.2) is 5.78 Å². The highest BCUT2D eigenvalue weighted by molar-refractivity contribution is 7.17. The van der Waals surface area contributed by atoms with Gasteiger partial charge in [0, 0.05) is 23.0 Å². The molecule has 2 aromatic heterocycles. The van der Waals surface area contributed by atoms with Gasteiger partial charge in [-0.3, -0.25) is 9.48 Å². The largest absolute Gasteiger partial charge is 0.289 e. The Kier molecular flexibility index (Phi) is 2.79. The number of aryl methyl sites for hydroxylation is 1. The summed E-state index contributed by atoms with van der Waals surface area (Å²) in [6, 6.07) is 8.31. The number of nitrogens with zero attached hydrogens (tertiary/aromatic N) is 2. The fourth-order valence-corrected chi connectivity index (χ4v) is 3.84. The van der Waals surface area contributed by atoms with E-state index in [1.54, 1.807) is 17.5 Å². The third kappa shape index (κ3) is 1.94. The third-order valence-electron chi connectivity index (χ3n) is 4.07. The number of hydrogen-bond acceptors (Lipinski definition) is 3. The molecule has 1 aliphatic rings. The Labute approximate surface area is 126 Å². The van der Waals surface area contributed by atoms with Gasteiger partial charge in [0.1, 0.15) is 0 Å². The molecule has 0 N–H and O–H groups in total. The van der Waals surface area contributed by atoms with Crippen LogP contribution >= 0.6 is 11.3 Å². The summed E-state index contributed by atoms with van der Waals surface area (Å²) < 4.78 is 3.07. The zero-order valence-electron chi connectivity index (χ0n) is 11.7. The van der Waals surface area contributed by atoms with Crippen molar-refractivity contribution in [1.29, 1.82) is 0 Å². The molecule has 21 heavy (non-hydrogen) atoms. The molecule has 4 rings (SSSR count). The van der Waals surface area contributed by atoms with Crippen LogP contribution in [0.5, 0.6) is 0 Å². The fraction of sp³-hybridized carbons (Fsp3) is 0.176. The minimum Gasteiger partial charge on any atom is -0.289 e. The van der Waals surface area contributed by atoms with Crippen molar-refractivity contribution in [3.63, 3.8) is 0 Å². The summed E-state index contributed by atoms with van der Waals surface area (Å²) in [5.41, 5.74) is 3.84. The van der Waals surface area contributed by atoms with E-state index >= 15 is 0 Å². The second-order valence-electron chi connectivity index (χ2n) is 5.31. The third-order valence-corrected chi connectivity index (χ3v) is 5.05. The lowest BCUT2D eigenvalue weighted by molar-refractivity contribution is 0.102. The van der Waals surface area contributed by atoms with E-state index in [2.05, 4.69) is 28.7 Å². The Balaban J connectivity index is 1.79. The smallest absolute Gasteiger partial charge is 0.192 e. The molecule has 0 aliphatic heterocycles. The van der Waals surface area contributed by atoms with Gasteiger partial charge in [0.25, 0.3) is 0 Å². The lowest BCUT2D eigenvalue weighted by Gasteiger charge is -2.14. The number of hydrogen-bond donors (Lipinski definition) is 0. The van der Waals surface area contributed by atoms with Crippen molar-refractivity contribution in [1.82, 2.24) is 9.78 Å². The van der Waals surface area contributed by atoms with Crippen LogP contribution in [-0.2, 0) is 13.5 Å². The summed E-state index contributed by atoms with van der Waals surface area (Å²) in [5, 5.41) is 7.55.